The first kappa shape index (κ1) is 23.9. The molecule has 1 saturated heterocycles. The Morgan fingerprint density at radius 3 is 1.86 bits per heavy atom. The van der Waals surface area contributed by atoms with E-state index in [1.807, 2.05) is 91.0 Å². The summed E-state index contributed by atoms with van der Waals surface area (Å²) >= 11 is 0. The van der Waals surface area contributed by atoms with Gasteiger partial charge in [0.15, 0.2) is 0 Å². The number of aliphatic hydroxyl groups is 1. The molecule has 4 aromatic rings. The van der Waals surface area contributed by atoms with Crippen LogP contribution in [0.4, 0.5) is 0 Å². The largest absolute Gasteiger partial charge is 0.390 e. The minimum Gasteiger partial charge on any atom is -0.390 e. The van der Waals surface area contributed by atoms with E-state index in [0.717, 1.165) is 16.7 Å². The molecule has 0 radical (unpaired) electrons. The summed E-state index contributed by atoms with van der Waals surface area (Å²) in [5.41, 5.74) is 1.56. The molecule has 3 aromatic carbocycles. The molecule has 5 rings (SSSR count). The summed E-state index contributed by atoms with van der Waals surface area (Å²) in [7, 11) is 0. The molecule has 3 N–H and O–H groups in total. The minimum absolute atomic E-state index is 0.0861. The highest BCUT2D eigenvalue weighted by Gasteiger charge is 2.42. The molecular weight excluding hydrogens is 456 g/mol. The topological polar surface area (TPSA) is 104 Å². The van der Waals surface area contributed by atoms with Gasteiger partial charge in [-0.2, -0.15) is 0 Å². The Morgan fingerprint density at radius 2 is 1.36 bits per heavy atom. The first-order chi connectivity index (χ1) is 17.5. The zero-order valence-electron chi connectivity index (χ0n) is 19.9. The van der Waals surface area contributed by atoms with Crippen LogP contribution in [-0.4, -0.2) is 33.9 Å². The van der Waals surface area contributed by atoms with Crippen molar-refractivity contribution >= 4 is 0 Å². The van der Waals surface area contributed by atoms with Crippen molar-refractivity contribution in [3.05, 3.63) is 140 Å². The van der Waals surface area contributed by atoms with Crippen LogP contribution < -0.4 is 11.2 Å². The summed E-state index contributed by atoms with van der Waals surface area (Å²) < 4.78 is 12.9. The highest BCUT2D eigenvalue weighted by atomic mass is 16.6. The van der Waals surface area contributed by atoms with E-state index in [2.05, 4.69) is 9.97 Å². The van der Waals surface area contributed by atoms with Crippen LogP contribution in [0.25, 0.3) is 0 Å². The van der Waals surface area contributed by atoms with Crippen molar-refractivity contribution < 1.29 is 14.6 Å². The van der Waals surface area contributed by atoms with Crippen LogP contribution in [0.3, 0.4) is 0 Å². The molecule has 1 aromatic heterocycles. The molecule has 7 nitrogen and oxygen atoms in total. The fraction of sp³-hybridized carbons (Fsp3) is 0.241. The standard InChI is InChI=1S/C29H28N2O5/c1-19-26(30-28(34)31-27(19)33)24-17-23(32)25(36-24)18-35-29(20-11-5-2-6-12-20,21-13-7-3-8-14-21)22-15-9-4-10-16-22/h2-16,23-25,32H,17-18H2,1H3,(H2,30,31,33,34)/t23-,24+,25+/m0/s1. The monoisotopic (exact) mass is 484 g/mol. The highest BCUT2D eigenvalue weighted by molar-refractivity contribution is 5.47. The Hall–Kier alpha value is -3.78. The third kappa shape index (κ3) is 4.44. The predicted octanol–water partition coefficient (Wildman–Crippen LogP) is 3.57. The molecule has 0 unspecified atom stereocenters. The number of hydrogen-bond donors (Lipinski definition) is 3. The van der Waals surface area contributed by atoms with Gasteiger partial charge < -0.3 is 19.6 Å². The van der Waals surface area contributed by atoms with Crippen LogP contribution in [0.1, 0.15) is 40.5 Å². The van der Waals surface area contributed by atoms with Crippen LogP contribution in [0.15, 0.2) is 101 Å². The quantitative estimate of drug-likeness (QED) is 0.348. The van der Waals surface area contributed by atoms with Crippen LogP contribution in [-0.2, 0) is 15.1 Å². The summed E-state index contributed by atoms with van der Waals surface area (Å²) in [5, 5.41) is 10.9. The maximum atomic E-state index is 12.1. The van der Waals surface area contributed by atoms with Crippen LogP contribution >= 0.6 is 0 Å². The van der Waals surface area contributed by atoms with Gasteiger partial charge in [-0.15, -0.1) is 0 Å². The van der Waals surface area contributed by atoms with Gasteiger partial charge in [-0.3, -0.25) is 9.78 Å². The van der Waals surface area contributed by atoms with E-state index in [0.29, 0.717) is 11.3 Å². The lowest BCUT2D eigenvalue weighted by molar-refractivity contribution is -0.0833. The maximum Gasteiger partial charge on any atom is 0.325 e. The fourth-order valence-corrected chi connectivity index (χ4v) is 4.93. The van der Waals surface area contributed by atoms with Crippen LogP contribution in [0.2, 0.25) is 0 Å². The van der Waals surface area contributed by atoms with Crippen molar-refractivity contribution in [1.29, 1.82) is 0 Å². The molecule has 1 aliphatic heterocycles. The van der Waals surface area contributed by atoms with Crippen molar-refractivity contribution in [2.24, 2.45) is 0 Å². The molecule has 0 aliphatic carbocycles. The highest BCUT2D eigenvalue weighted by Crippen LogP contribution is 2.42. The zero-order chi connectivity index (χ0) is 25.1. The number of rotatable bonds is 7. The van der Waals surface area contributed by atoms with Crippen LogP contribution in [0, 0.1) is 6.92 Å². The SMILES string of the molecule is Cc1c([C@H]2C[C@H](O)[C@@H](COC(c3ccccc3)(c3ccccc3)c3ccccc3)O2)[nH]c(=O)[nH]c1=O. The molecule has 3 atom stereocenters. The van der Waals surface area contributed by atoms with E-state index in [-0.39, 0.29) is 13.0 Å². The van der Waals surface area contributed by atoms with E-state index in [4.69, 9.17) is 9.47 Å². The fourth-order valence-electron chi connectivity index (χ4n) is 4.93. The van der Waals surface area contributed by atoms with E-state index in [1.165, 1.54) is 0 Å². The van der Waals surface area contributed by atoms with E-state index < -0.39 is 35.2 Å². The van der Waals surface area contributed by atoms with E-state index >= 15 is 0 Å². The summed E-state index contributed by atoms with van der Waals surface area (Å²) in [6, 6.07) is 29.9. The van der Waals surface area contributed by atoms with Gasteiger partial charge in [-0.25, -0.2) is 4.79 Å². The average molecular weight is 485 g/mol. The molecule has 1 aliphatic rings. The summed E-state index contributed by atoms with van der Waals surface area (Å²) in [6.45, 7) is 1.71. The van der Waals surface area contributed by atoms with Gasteiger partial charge in [0.1, 0.15) is 17.8 Å². The Bertz CT molecular complexity index is 1320. The van der Waals surface area contributed by atoms with Gasteiger partial charge in [0.05, 0.1) is 18.4 Å². The number of benzene rings is 3. The third-order valence-corrected chi connectivity index (χ3v) is 6.77. The summed E-state index contributed by atoms with van der Waals surface area (Å²) in [6.07, 6.45) is -1.88. The summed E-state index contributed by atoms with van der Waals surface area (Å²) in [4.78, 5) is 28.8. The molecule has 36 heavy (non-hydrogen) atoms. The Balaban J connectivity index is 1.51. The lowest BCUT2D eigenvalue weighted by Crippen LogP contribution is -2.38. The zero-order valence-corrected chi connectivity index (χ0v) is 19.9. The van der Waals surface area contributed by atoms with Gasteiger partial charge in [0, 0.05) is 12.0 Å². The number of aliphatic hydroxyl groups excluding tert-OH is 1. The number of H-pyrrole nitrogens is 2. The third-order valence-electron chi connectivity index (χ3n) is 6.77. The molecule has 0 spiro atoms. The van der Waals surface area contributed by atoms with Crippen molar-refractivity contribution in [1.82, 2.24) is 9.97 Å². The number of hydrogen-bond acceptors (Lipinski definition) is 5. The molecule has 0 saturated carbocycles. The Labute approximate surface area is 208 Å². The molecule has 184 valence electrons. The predicted molar refractivity (Wildman–Crippen MR) is 136 cm³/mol. The molecule has 0 bridgehead atoms. The molecule has 1 fully saturated rings. The summed E-state index contributed by atoms with van der Waals surface area (Å²) in [5.74, 6) is 0. The van der Waals surface area contributed by atoms with Gasteiger partial charge in [-0.05, 0) is 23.6 Å². The van der Waals surface area contributed by atoms with Crippen molar-refractivity contribution in [3.8, 4) is 0 Å². The molecule has 2 heterocycles. The number of aromatic nitrogens is 2. The lowest BCUT2D eigenvalue weighted by Gasteiger charge is -2.37. The second-order valence-corrected chi connectivity index (χ2v) is 9.00. The Morgan fingerprint density at radius 1 is 0.861 bits per heavy atom. The van der Waals surface area contributed by atoms with Crippen molar-refractivity contribution in [2.45, 2.75) is 37.3 Å². The molecule has 7 heteroatoms. The average Bonchev–Trinajstić information content (AvgIpc) is 3.28. The van der Waals surface area contributed by atoms with E-state index in [1.54, 1.807) is 6.92 Å². The maximum absolute atomic E-state index is 12.1. The van der Waals surface area contributed by atoms with Crippen molar-refractivity contribution in [3.63, 3.8) is 0 Å². The van der Waals surface area contributed by atoms with Crippen LogP contribution in [0.5, 0.6) is 0 Å². The number of nitrogens with one attached hydrogen (secondary N) is 2. The first-order valence-electron chi connectivity index (χ1n) is 12.0. The van der Waals surface area contributed by atoms with Crippen molar-refractivity contribution in [2.75, 3.05) is 6.61 Å². The molecular formula is C29H28N2O5. The van der Waals surface area contributed by atoms with Gasteiger partial charge in [0.2, 0.25) is 0 Å². The first-order valence-corrected chi connectivity index (χ1v) is 12.0. The second kappa shape index (κ2) is 10.1. The van der Waals surface area contributed by atoms with Gasteiger partial charge in [0.25, 0.3) is 5.56 Å². The molecule has 0 amide bonds. The normalized spacial score (nSPS) is 19.9. The smallest absolute Gasteiger partial charge is 0.325 e. The second-order valence-electron chi connectivity index (χ2n) is 9.00. The van der Waals surface area contributed by atoms with E-state index in [9.17, 15) is 14.7 Å². The number of aromatic amines is 2. The van der Waals surface area contributed by atoms with Gasteiger partial charge in [-0.1, -0.05) is 91.0 Å². The lowest BCUT2D eigenvalue weighted by atomic mass is 9.80. The minimum atomic E-state index is -0.945. The van der Waals surface area contributed by atoms with Gasteiger partial charge >= 0.3 is 5.69 Å². The number of ether oxygens (including phenoxy) is 2. The Kier molecular flexibility index (Phi) is 6.69.